The fraction of sp³-hybridized carbons (Fsp3) is 0.100. The number of aromatic nitrogens is 2. The first-order chi connectivity index (χ1) is 7.38. The van der Waals surface area contributed by atoms with Crippen LogP contribution in [0.3, 0.4) is 0 Å². The number of rotatable bonds is 3. The molecule has 0 fully saturated rings. The van der Waals surface area contributed by atoms with Crippen molar-refractivity contribution < 1.29 is 4.42 Å². The molecule has 2 aromatic rings. The molecule has 2 rings (SSSR count). The van der Waals surface area contributed by atoms with Gasteiger partial charge >= 0.3 is 0 Å². The van der Waals surface area contributed by atoms with Crippen molar-refractivity contribution in [2.75, 3.05) is 5.32 Å². The van der Waals surface area contributed by atoms with Crippen LogP contribution >= 0.6 is 0 Å². The van der Waals surface area contributed by atoms with Crippen LogP contribution in [0.1, 0.15) is 11.5 Å². The highest BCUT2D eigenvalue weighted by Gasteiger charge is 1.99. The summed E-state index contributed by atoms with van der Waals surface area (Å²) in [4.78, 5) is 7.94. The van der Waals surface area contributed by atoms with Gasteiger partial charge in [0.05, 0.1) is 12.8 Å². The van der Waals surface area contributed by atoms with Gasteiger partial charge in [0.2, 0.25) is 5.95 Å². The van der Waals surface area contributed by atoms with Gasteiger partial charge in [0.1, 0.15) is 17.5 Å². The van der Waals surface area contributed by atoms with E-state index in [9.17, 15) is 0 Å². The van der Waals surface area contributed by atoms with Crippen LogP contribution in [0.25, 0.3) is 0 Å². The van der Waals surface area contributed by atoms with Crippen molar-refractivity contribution in [1.29, 1.82) is 5.26 Å². The zero-order valence-corrected chi connectivity index (χ0v) is 7.84. The van der Waals surface area contributed by atoms with Crippen molar-refractivity contribution in [3.63, 3.8) is 0 Å². The highest BCUT2D eigenvalue weighted by Crippen LogP contribution is 2.04. The van der Waals surface area contributed by atoms with Crippen molar-refractivity contribution in [3.8, 4) is 6.07 Å². The summed E-state index contributed by atoms with van der Waals surface area (Å²) in [6, 6.07) is 7.16. The lowest BCUT2D eigenvalue weighted by atomic mass is 10.4. The maximum atomic E-state index is 8.63. The number of nitriles is 1. The Morgan fingerprint density at radius 1 is 1.47 bits per heavy atom. The van der Waals surface area contributed by atoms with Gasteiger partial charge in [0, 0.05) is 6.20 Å². The van der Waals surface area contributed by atoms with Crippen LogP contribution in [-0.4, -0.2) is 9.97 Å². The Labute approximate surface area is 86.4 Å². The molecule has 0 atom stereocenters. The maximum absolute atomic E-state index is 8.63. The number of anilines is 1. The number of hydrogen-bond donors (Lipinski definition) is 1. The largest absolute Gasteiger partial charge is 0.467 e. The van der Waals surface area contributed by atoms with E-state index in [2.05, 4.69) is 15.3 Å². The molecule has 5 nitrogen and oxygen atoms in total. The van der Waals surface area contributed by atoms with Crippen molar-refractivity contribution in [3.05, 3.63) is 42.1 Å². The minimum atomic E-state index is 0.340. The summed E-state index contributed by atoms with van der Waals surface area (Å²) in [6.45, 7) is 0.502. The third-order valence-electron chi connectivity index (χ3n) is 1.77. The van der Waals surface area contributed by atoms with Crippen molar-refractivity contribution in [2.45, 2.75) is 6.54 Å². The van der Waals surface area contributed by atoms with Crippen LogP contribution in [0.5, 0.6) is 0 Å². The molecule has 0 saturated heterocycles. The van der Waals surface area contributed by atoms with E-state index in [1.807, 2.05) is 18.2 Å². The molecule has 0 aromatic carbocycles. The molecule has 2 aromatic heterocycles. The van der Waals surface area contributed by atoms with Crippen LogP contribution in [-0.2, 0) is 6.54 Å². The molecule has 0 amide bonds. The second kappa shape index (κ2) is 4.24. The molecule has 0 spiro atoms. The fourth-order valence-electron chi connectivity index (χ4n) is 1.09. The van der Waals surface area contributed by atoms with Gasteiger partial charge in [-0.1, -0.05) is 0 Å². The van der Waals surface area contributed by atoms with E-state index in [4.69, 9.17) is 9.68 Å². The van der Waals surface area contributed by atoms with E-state index < -0.39 is 0 Å². The third-order valence-corrected chi connectivity index (χ3v) is 1.77. The Hall–Kier alpha value is -2.35. The first-order valence-electron chi connectivity index (χ1n) is 4.38. The number of nitrogens with one attached hydrogen (secondary N) is 1. The lowest BCUT2D eigenvalue weighted by Crippen LogP contribution is -2.03. The molecule has 15 heavy (non-hydrogen) atoms. The summed E-state index contributed by atoms with van der Waals surface area (Å²) >= 11 is 0. The Balaban J connectivity index is 2.02. The minimum Gasteiger partial charge on any atom is -0.467 e. The Bertz CT molecular complexity index is 472. The summed E-state index contributed by atoms with van der Waals surface area (Å²) in [7, 11) is 0. The lowest BCUT2D eigenvalue weighted by molar-refractivity contribution is 0.517. The smallest absolute Gasteiger partial charge is 0.224 e. The summed E-state index contributed by atoms with van der Waals surface area (Å²) < 4.78 is 5.13. The fourth-order valence-corrected chi connectivity index (χ4v) is 1.09. The van der Waals surface area contributed by atoms with E-state index in [1.54, 1.807) is 12.3 Å². The molecule has 0 aliphatic heterocycles. The van der Waals surface area contributed by atoms with E-state index in [0.717, 1.165) is 5.76 Å². The van der Waals surface area contributed by atoms with Gasteiger partial charge in [-0.05, 0) is 18.2 Å². The second-order valence-electron chi connectivity index (χ2n) is 2.81. The van der Waals surface area contributed by atoms with Crippen LogP contribution in [0, 0.1) is 11.3 Å². The van der Waals surface area contributed by atoms with E-state index in [-0.39, 0.29) is 0 Å². The van der Waals surface area contributed by atoms with Gasteiger partial charge in [-0.2, -0.15) is 5.26 Å². The Morgan fingerprint density at radius 2 is 2.40 bits per heavy atom. The van der Waals surface area contributed by atoms with Gasteiger partial charge in [0.15, 0.2) is 0 Å². The molecule has 0 aliphatic rings. The normalized spacial score (nSPS) is 9.53. The number of hydrogen-bond acceptors (Lipinski definition) is 5. The second-order valence-corrected chi connectivity index (χ2v) is 2.81. The summed E-state index contributed by atoms with van der Waals surface area (Å²) in [6.07, 6.45) is 3.14. The molecule has 0 radical (unpaired) electrons. The molecule has 0 aliphatic carbocycles. The zero-order chi connectivity index (χ0) is 10.5. The molecule has 0 saturated carbocycles. The average molecular weight is 200 g/mol. The molecule has 74 valence electrons. The summed E-state index contributed by atoms with van der Waals surface area (Å²) in [5.74, 6) is 1.21. The summed E-state index contributed by atoms with van der Waals surface area (Å²) in [5, 5.41) is 11.6. The van der Waals surface area contributed by atoms with Gasteiger partial charge in [-0.3, -0.25) is 0 Å². The monoisotopic (exact) mass is 200 g/mol. The topological polar surface area (TPSA) is 74.7 Å². The predicted octanol–water partition coefficient (Wildman–Crippen LogP) is 1.55. The number of nitrogens with zero attached hydrogens (tertiary/aromatic N) is 3. The standard InChI is InChI=1S/C10H8N4O/c11-6-8-3-4-12-10(14-8)13-7-9-2-1-5-15-9/h1-5H,7H2,(H,12,13,14). The molecule has 5 heteroatoms. The Kier molecular flexibility index (Phi) is 2.61. The van der Waals surface area contributed by atoms with E-state index in [0.29, 0.717) is 18.2 Å². The molecule has 0 unspecified atom stereocenters. The average Bonchev–Trinajstić information content (AvgIpc) is 2.79. The highest BCUT2D eigenvalue weighted by atomic mass is 16.3. The molecular formula is C10H8N4O. The van der Waals surface area contributed by atoms with E-state index >= 15 is 0 Å². The quantitative estimate of drug-likeness (QED) is 0.813. The Morgan fingerprint density at radius 3 is 3.13 bits per heavy atom. The maximum Gasteiger partial charge on any atom is 0.224 e. The van der Waals surface area contributed by atoms with Gasteiger partial charge < -0.3 is 9.73 Å². The first kappa shape index (κ1) is 9.21. The lowest BCUT2D eigenvalue weighted by Gasteiger charge is -2.01. The predicted molar refractivity (Wildman–Crippen MR) is 52.8 cm³/mol. The molecule has 0 bridgehead atoms. The molecular weight excluding hydrogens is 192 g/mol. The highest BCUT2D eigenvalue weighted by molar-refractivity contribution is 5.30. The van der Waals surface area contributed by atoms with Gasteiger partial charge in [-0.15, -0.1) is 0 Å². The van der Waals surface area contributed by atoms with Crippen LogP contribution < -0.4 is 5.32 Å². The van der Waals surface area contributed by atoms with Crippen molar-refractivity contribution in [1.82, 2.24) is 9.97 Å². The molecule has 2 heterocycles. The molecule has 1 N–H and O–H groups in total. The van der Waals surface area contributed by atoms with E-state index in [1.165, 1.54) is 6.20 Å². The van der Waals surface area contributed by atoms with Gasteiger partial charge in [0.25, 0.3) is 0 Å². The van der Waals surface area contributed by atoms with Gasteiger partial charge in [-0.25, -0.2) is 9.97 Å². The van der Waals surface area contributed by atoms with Crippen LogP contribution in [0.15, 0.2) is 35.1 Å². The summed E-state index contributed by atoms with van der Waals surface area (Å²) in [5.41, 5.74) is 0.340. The third kappa shape index (κ3) is 2.31. The number of furan rings is 1. The van der Waals surface area contributed by atoms with Crippen LogP contribution in [0.2, 0.25) is 0 Å². The zero-order valence-electron chi connectivity index (χ0n) is 7.84. The SMILES string of the molecule is N#Cc1ccnc(NCc2ccco2)n1. The minimum absolute atomic E-state index is 0.340. The first-order valence-corrected chi connectivity index (χ1v) is 4.38. The van der Waals surface area contributed by atoms with Crippen LogP contribution in [0.4, 0.5) is 5.95 Å². The van der Waals surface area contributed by atoms with Crippen molar-refractivity contribution >= 4 is 5.95 Å². The van der Waals surface area contributed by atoms with Crippen molar-refractivity contribution in [2.24, 2.45) is 0 Å².